The summed E-state index contributed by atoms with van der Waals surface area (Å²) >= 11 is 13.3. The summed E-state index contributed by atoms with van der Waals surface area (Å²) in [5, 5.41) is 0. The Morgan fingerprint density at radius 2 is 1.67 bits per heavy atom. The Hall–Kier alpha value is 1.70. The van der Waals surface area contributed by atoms with E-state index in [2.05, 4.69) is 26.1 Å². The van der Waals surface area contributed by atoms with Crippen molar-refractivity contribution in [2.75, 3.05) is 11.5 Å². The van der Waals surface area contributed by atoms with E-state index in [1.165, 1.54) is 0 Å². The Morgan fingerprint density at radius 3 is 1.89 bits per heavy atom. The zero-order valence-electron chi connectivity index (χ0n) is 5.53. The van der Waals surface area contributed by atoms with Gasteiger partial charge in [-0.15, -0.1) is 35.0 Å². The summed E-state index contributed by atoms with van der Waals surface area (Å²) in [6, 6.07) is 0. The lowest BCUT2D eigenvalue weighted by Gasteiger charge is -2.10. The second-order valence-electron chi connectivity index (χ2n) is 1.30. The third-order valence-corrected chi connectivity index (χ3v) is 11.1. The van der Waals surface area contributed by atoms with Crippen molar-refractivity contribution >= 4 is 50.5 Å². The van der Waals surface area contributed by atoms with E-state index in [0.717, 1.165) is 11.5 Å². The third kappa shape index (κ3) is 6.11. The first-order valence-electron chi connectivity index (χ1n) is 2.74. The summed E-state index contributed by atoms with van der Waals surface area (Å²) < 4.78 is -1.33. The molecule has 56 valence electrons. The van der Waals surface area contributed by atoms with Gasteiger partial charge in [-0.1, -0.05) is 25.7 Å². The SMILES string of the molecule is CCSP(=S)(S)SCC. The van der Waals surface area contributed by atoms with E-state index < -0.39 is 3.64 Å². The van der Waals surface area contributed by atoms with Gasteiger partial charge >= 0.3 is 0 Å². The predicted molar refractivity (Wildman–Crippen MR) is 59.5 cm³/mol. The summed E-state index contributed by atoms with van der Waals surface area (Å²) in [4.78, 5) is 0. The van der Waals surface area contributed by atoms with Gasteiger partial charge in [0.15, 0.2) is 0 Å². The van der Waals surface area contributed by atoms with E-state index in [0.29, 0.717) is 0 Å². The summed E-state index contributed by atoms with van der Waals surface area (Å²) in [5.74, 6) is 2.18. The van der Waals surface area contributed by atoms with E-state index in [1.807, 2.05) is 22.8 Å². The van der Waals surface area contributed by atoms with Crippen LogP contribution in [-0.2, 0) is 11.8 Å². The van der Waals surface area contributed by atoms with Crippen molar-refractivity contribution in [2.24, 2.45) is 0 Å². The maximum Gasteiger partial charge on any atom is 0.106 e. The molecule has 0 aromatic rings. The van der Waals surface area contributed by atoms with Crippen molar-refractivity contribution in [1.82, 2.24) is 0 Å². The standard InChI is InChI=1S/C4H11PS4/c1-3-8-5(6,7)9-4-2/h3-4H2,1-2H3,(H,6,7). The quantitative estimate of drug-likeness (QED) is 0.565. The molecule has 0 bridgehead atoms. The zero-order chi connectivity index (χ0) is 7.33. The fourth-order valence-corrected chi connectivity index (χ4v) is 9.82. The largest absolute Gasteiger partial charge is 0.122 e. The van der Waals surface area contributed by atoms with E-state index in [1.54, 1.807) is 0 Å². The lowest BCUT2D eigenvalue weighted by atomic mass is 11.0. The van der Waals surface area contributed by atoms with Crippen molar-refractivity contribution in [3.05, 3.63) is 0 Å². The topological polar surface area (TPSA) is 0 Å². The molecule has 0 aliphatic heterocycles. The van der Waals surface area contributed by atoms with E-state index in [9.17, 15) is 0 Å². The minimum absolute atomic E-state index is 1.09. The van der Waals surface area contributed by atoms with Crippen LogP contribution >= 0.6 is 38.7 Å². The first-order chi connectivity index (χ1) is 4.12. The minimum Gasteiger partial charge on any atom is -0.122 e. The molecule has 0 radical (unpaired) electrons. The molecular formula is C4H11PS4. The normalized spacial score (nSPS) is 11.9. The molecule has 0 fully saturated rings. The maximum absolute atomic E-state index is 5.24. The van der Waals surface area contributed by atoms with Crippen molar-refractivity contribution in [2.45, 2.75) is 13.8 Å². The summed E-state index contributed by atoms with van der Waals surface area (Å²) in [6.45, 7) is 4.25. The van der Waals surface area contributed by atoms with Crippen LogP contribution in [0.5, 0.6) is 0 Å². The highest BCUT2D eigenvalue weighted by molar-refractivity contribution is 9.20. The van der Waals surface area contributed by atoms with Crippen LogP contribution < -0.4 is 0 Å². The van der Waals surface area contributed by atoms with Gasteiger partial charge in [-0.3, -0.25) is 0 Å². The van der Waals surface area contributed by atoms with Crippen LogP contribution in [0.25, 0.3) is 0 Å². The van der Waals surface area contributed by atoms with Gasteiger partial charge in [-0.05, 0) is 11.5 Å². The highest BCUT2D eigenvalue weighted by atomic mass is 33.5. The molecule has 0 rings (SSSR count). The number of hydrogen-bond acceptors (Lipinski definition) is 3. The van der Waals surface area contributed by atoms with Gasteiger partial charge in [0.05, 0.1) is 0 Å². The Balaban J connectivity index is 3.58. The molecule has 0 spiro atoms. The van der Waals surface area contributed by atoms with E-state index in [4.69, 9.17) is 11.8 Å². The molecule has 0 unspecified atom stereocenters. The molecule has 0 aliphatic carbocycles. The van der Waals surface area contributed by atoms with Crippen LogP contribution in [0.4, 0.5) is 0 Å². The van der Waals surface area contributed by atoms with Gasteiger partial charge in [0.25, 0.3) is 0 Å². The average molecular weight is 218 g/mol. The van der Waals surface area contributed by atoms with Crippen molar-refractivity contribution < 1.29 is 0 Å². The summed E-state index contributed by atoms with van der Waals surface area (Å²) in [5.41, 5.74) is 0. The van der Waals surface area contributed by atoms with Crippen LogP contribution in [0, 0.1) is 0 Å². The zero-order valence-corrected chi connectivity index (χ0v) is 9.77. The average Bonchev–Trinajstić information content (AvgIpc) is 1.64. The molecule has 9 heavy (non-hydrogen) atoms. The second kappa shape index (κ2) is 5.36. The lowest BCUT2D eigenvalue weighted by Crippen LogP contribution is -1.64. The van der Waals surface area contributed by atoms with Gasteiger partial charge in [0.1, 0.15) is 3.64 Å². The van der Waals surface area contributed by atoms with E-state index in [-0.39, 0.29) is 0 Å². The van der Waals surface area contributed by atoms with Crippen LogP contribution in [0.1, 0.15) is 13.8 Å². The Labute approximate surface area is 75.6 Å². The lowest BCUT2D eigenvalue weighted by molar-refractivity contribution is 1.54. The highest BCUT2D eigenvalue weighted by Crippen LogP contribution is 2.72. The third-order valence-electron chi connectivity index (χ3n) is 0.584. The Kier molecular flexibility index (Phi) is 6.38. The number of hydrogen-bond donors (Lipinski definition) is 1. The summed E-state index contributed by atoms with van der Waals surface area (Å²) in [6.07, 6.45) is 0. The van der Waals surface area contributed by atoms with Crippen molar-refractivity contribution in [3.8, 4) is 0 Å². The molecule has 0 aromatic heterocycles. The summed E-state index contributed by atoms with van der Waals surface area (Å²) in [7, 11) is 0. The molecule has 0 saturated carbocycles. The first-order valence-corrected chi connectivity index (χ1v) is 9.88. The fraction of sp³-hybridized carbons (Fsp3) is 1.00. The van der Waals surface area contributed by atoms with Crippen LogP contribution in [-0.4, -0.2) is 11.5 Å². The van der Waals surface area contributed by atoms with Crippen LogP contribution in [0.2, 0.25) is 0 Å². The molecule has 0 nitrogen and oxygen atoms in total. The van der Waals surface area contributed by atoms with Gasteiger partial charge < -0.3 is 0 Å². The molecule has 0 aliphatic rings. The Morgan fingerprint density at radius 1 is 1.33 bits per heavy atom. The van der Waals surface area contributed by atoms with Gasteiger partial charge in [-0.25, -0.2) is 0 Å². The highest BCUT2D eigenvalue weighted by Gasteiger charge is 2.08. The number of rotatable bonds is 4. The Bertz CT molecular complexity index is 103. The fourth-order valence-electron chi connectivity index (χ4n) is 0.364. The van der Waals surface area contributed by atoms with Gasteiger partial charge in [0, 0.05) is 0 Å². The molecule has 0 N–H and O–H groups in total. The minimum atomic E-state index is -1.33. The predicted octanol–water partition coefficient (Wildman–Crippen LogP) is 3.65. The molecule has 0 amide bonds. The molecule has 0 heterocycles. The van der Waals surface area contributed by atoms with Gasteiger partial charge in [0.2, 0.25) is 0 Å². The second-order valence-corrected chi connectivity index (χ2v) is 16.7. The monoisotopic (exact) mass is 218 g/mol. The number of thiol groups is 1. The molecule has 0 aromatic carbocycles. The van der Waals surface area contributed by atoms with Gasteiger partial charge in [-0.2, -0.15) is 0 Å². The maximum atomic E-state index is 5.24. The van der Waals surface area contributed by atoms with Crippen molar-refractivity contribution in [3.63, 3.8) is 0 Å². The molecule has 0 saturated heterocycles. The smallest absolute Gasteiger partial charge is 0.106 e. The van der Waals surface area contributed by atoms with Crippen LogP contribution in [0.3, 0.4) is 0 Å². The molecule has 0 atom stereocenters. The molecular weight excluding hydrogens is 207 g/mol. The molecule has 5 heteroatoms. The van der Waals surface area contributed by atoms with E-state index >= 15 is 0 Å². The van der Waals surface area contributed by atoms with Crippen molar-refractivity contribution in [1.29, 1.82) is 0 Å². The first kappa shape index (κ1) is 10.7. The van der Waals surface area contributed by atoms with Crippen LogP contribution in [0.15, 0.2) is 0 Å².